The number of rotatable bonds is 5. The molecule has 23 heavy (non-hydrogen) atoms. The fourth-order valence-electron chi connectivity index (χ4n) is 2.49. The number of hydrogen-bond donors (Lipinski definition) is 2. The summed E-state index contributed by atoms with van der Waals surface area (Å²) >= 11 is 3.16. The summed E-state index contributed by atoms with van der Waals surface area (Å²) < 4.78 is 0. The first-order chi connectivity index (χ1) is 11.1. The maximum atomic E-state index is 12.1. The summed E-state index contributed by atoms with van der Waals surface area (Å²) in [6, 6.07) is 0. The highest BCUT2D eigenvalue weighted by Crippen LogP contribution is 2.34. The standard InChI is InChI=1S/C16H20N4OS2/c1-10-11(2)23-16-14(10)15(19-9-20-16)22-8-13(21)18-7-12-3-5-17-6-4-12/h3,9,17H,4-8H2,1-2H3,(H,18,21). The van der Waals surface area contributed by atoms with Crippen LogP contribution in [0.1, 0.15) is 16.9 Å². The summed E-state index contributed by atoms with van der Waals surface area (Å²) in [4.78, 5) is 23.0. The second-order valence-corrected chi connectivity index (χ2v) is 7.69. The summed E-state index contributed by atoms with van der Waals surface area (Å²) in [6.45, 7) is 6.72. The van der Waals surface area contributed by atoms with Gasteiger partial charge < -0.3 is 10.6 Å². The number of aromatic nitrogens is 2. The first kappa shape index (κ1) is 16.4. The van der Waals surface area contributed by atoms with E-state index in [0.29, 0.717) is 12.3 Å². The van der Waals surface area contributed by atoms with E-state index in [1.807, 2.05) is 0 Å². The Hall–Kier alpha value is -1.44. The van der Waals surface area contributed by atoms with Gasteiger partial charge in [-0.15, -0.1) is 11.3 Å². The molecule has 0 aromatic carbocycles. The molecule has 0 aliphatic carbocycles. The van der Waals surface area contributed by atoms with E-state index in [9.17, 15) is 4.79 Å². The van der Waals surface area contributed by atoms with Gasteiger partial charge in [0.05, 0.1) is 5.75 Å². The quantitative estimate of drug-likeness (QED) is 0.493. The van der Waals surface area contributed by atoms with Gasteiger partial charge in [0.25, 0.3) is 0 Å². The van der Waals surface area contributed by atoms with Crippen LogP contribution in [0.3, 0.4) is 0 Å². The summed E-state index contributed by atoms with van der Waals surface area (Å²) in [7, 11) is 0. The third-order valence-electron chi connectivity index (χ3n) is 3.94. The molecular formula is C16H20N4OS2. The molecule has 7 heteroatoms. The molecule has 0 saturated carbocycles. The van der Waals surface area contributed by atoms with E-state index in [1.165, 1.54) is 27.8 Å². The molecule has 1 aliphatic heterocycles. The van der Waals surface area contributed by atoms with Crippen LogP contribution in [0.2, 0.25) is 0 Å². The molecular weight excluding hydrogens is 328 g/mol. The maximum Gasteiger partial charge on any atom is 0.230 e. The van der Waals surface area contributed by atoms with Crippen molar-refractivity contribution in [2.75, 3.05) is 25.4 Å². The lowest BCUT2D eigenvalue weighted by atomic mass is 10.1. The second kappa shape index (κ2) is 7.42. The molecule has 0 radical (unpaired) electrons. The van der Waals surface area contributed by atoms with Crippen LogP contribution in [0, 0.1) is 13.8 Å². The Kier molecular flexibility index (Phi) is 5.30. The second-order valence-electron chi connectivity index (χ2n) is 5.52. The Morgan fingerprint density at radius 1 is 1.43 bits per heavy atom. The van der Waals surface area contributed by atoms with E-state index >= 15 is 0 Å². The third kappa shape index (κ3) is 3.91. The van der Waals surface area contributed by atoms with Gasteiger partial charge in [-0.2, -0.15) is 0 Å². The lowest BCUT2D eigenvalue weighted by Gasteiger charge is -2.14. The highest BCUT2D eigenvalue weighted by Gasteiger charge is 2.14. The molecule has 122 valence electrons. The van der Waals surface area contributed by atoms with E-state index in [4.69, 9.17) is 0 Å². The summed E-state index contributed by atoms with van der Waals surface area (Å²) in [5.74, 6) is 0.428. The van der Waals surface area contributed by atoms with Crippen LogP contribution in [-0.4, -0.2) is 41.3 Å². The lowest BCUT2D eigenvalue weighted by molar-refractivity contribution is -0.118. The number of aryl methyl sites for hydroxylation is 2. The predicted molar refractivity (Wildman–Crippen MR) is 96.2 cm³/mol. The van der Waals surface area contributed by atoms with Crippen molar-refractivity contribution >= 4 is 39.2 Å². The van der Waals surface area contributed by atoms with Crippen molar-refractivity contribution in [2.45, 2.75) is 25.3 Å². The van der Waals surface area contributed by atoms with Crippen molar-refractivity contribution in [1.29, 1.82) is 0 Å². The van der Waals surface area contributed by atoms with Crippen LogP contribution in [0.25, 0.3) is 10.2 Å². The molecule has 2 N–H and O–H groups in total. The Labute approximate surface area is 144 Å². The average Bonchev–Trinajstić information content (AvgIpc) is 2.87. The van der Waals surface area contributed by atoms with E-state index in [0.717, 1.165) is 34.8 Å². The van der Waals surface area contributed by atoms with Crippen LogP contribution < -0.4 is 10.6 Å². The fraction of sp³-hybridized carbons (Fsp3) is 0.438. The number of carbonyl (C=O) groups is 1. The molecule has 5 nitrogen and oxygen atoms in total. The van der Waals surface area contributed by atoms with Crippen LogP contribution in [0.15, 0.2) is 23.0 Å². The van der Waals surface area contributed by atoms with Crippen LogP contribution in [-0.2, 0) is 4.79 Å². The first-order valence-electron chi connectivity index (χ1n) is 7.64. The van der Waals surface area contributed by atoms with E-state index < -0.39 is 0 Å². The molecule has 1 aliphatic rings. The minimum Gasteiger partial charge on any atom is -0.352 e. The highest BCUT2D eigenvalue weighted by molar-refractivity contribution is 8.00. The van der Waals surface area contributed by atoms with Gasteiger partial charge in [0, 0.05) is 23.4 Å². The monoisotopic (exact) mass is 348 g/mol. The van der Waals surface area contributed by atoms with Crippen molar-refractivity contribution in [3.63, 3.8) is 0 Å². The molecule has 0 unspecified atom stereocenters. The van der Waals surface area contributed by atoms with Gasteiger partial charge in [-0.25, -0.2) is 9.97 Å². The zero-order valence-corrected chi connectivity index (χ0v) is 14.9. The summed E-state index contributed by atoms with van der Waals surface area (Å²) in [5, 5.41) is 8.25. The van der Waals surface area contributed by atoms with Crippen molar-refractivity contribution in [3.8, 4) is 0 Å². The number of nitrogens with one attached hydrogen (secondary N) is 2. The predicted octanol–water partition coefficient (Wildman–Crippen LogP) is 2.44. The molecule has 0 saturated heterocycles. The smallest absolute Gasteiger partial charge is 0.230 e. The van der Waals surface area contributed by atoms with Crippen LogP contribution >= 0.6 is 23.1 Å². The Bertz CT molecular complexity index is 754. The Morgan fingerprint density at radius 2 is 2.30 bits per heavy atom. The maximum absolute atomic E-state index is 12.1. The molecule has 3 heterocycles. The number of thiophene rings is 1. The first-order valence-corrected chi connectivity index (χ1v) is 9.44. The number of amides is 1. The zero-order chi connectivity index (χ0) is 16.2. The van der Waals surface area contributed by atoms with Gasteiger partial charge >= 0.3 is 0 Å². The van der Waals surface area contributed by atoms with Gasteiger partial charge in [0.15, 0.2) is 0 Å². The van der Waals surface area contributed by atoms with Gasteiger partial charge in [-0.3, -0.25) is 4.79 Å². The molecule has 0 fully saturated rings. The summed E-state index contributed by atoms with van der Waals surface area (Å²) in [6.07, 6.45) is 4.74. The molecule has 2 aromatic rings. The minimum absolute atomic E-state index is 0.0470. The van der Waals surface area contributed by atoms with Crippen LogP contribution in [0.4, 0.5) is 0 Å². The number of nitrogens with zero attached hydrogens (tertiary/aromatic N) is 2. The fourth-order valence-corrected chi connectivity index (χ4v) is 4.43. The third-order valence-corrected chi connectivity index (χ3v) is 6.05. The number of hydrogen-bond acceptors (Lipinski definition) is 6. The van der Waals surface area contributed by atoms with Gasteiger partial charge in [-0.1, -0.05) is 23.4 Å². The Balaban J connectivity index is 1.60. The molecule has 0 atom stereocenters. The van der Waals surface area contributed by atoms with Crippen molar-refractivity contribution in [3.05, 3.63) is 28.4 Å². The van der Waals surface area contributed by atoms with Crippen LogP contribution in [0.5, 0.6) is 0 Å². The SMILES string of the molecule is Cc1sc2ncnc(SCC(=O)NCC3=CCNCC3)c2c1C. The van der Waals surface area contributed by atoms with E-state index in [1.54, 1.807) is 17.7 Å². The van der Waals surface area contributed by atoms with Gasteiger partial charge in [0.2, 0.25) is 5.91 Å². The van der Waals surface area contributed by atoms with Crippen molar-refractivity contribution < 1.29 is 4.79 Å². The molecule has 0 bridgehead atoms. The number of fused-ring (bicyclic) bond motifs is 1. The topological polar surface area (TPSA) is 66.9 Å². The lowest BCUT2D eigenvalue weighted by Crippen LogP contribution is -2.30. The minimum atomic E-state index is 0.0470. The number of carbonyl (C=O) groups excluding carboxylic acids is 1. The summed E-state index contributed by atoms with van der Waals surface area (Å²) in [5.41, 5.74) is 2.52. The average molecular weight is 348 g/mol. The van der Waals surface area contributed by atoms with E-state index in [-0.39, 0.29) is 5.91 Å². The van der Waals surface area contributed by atoms with Gasteiger partial charge in [-0.05, 0) is 32.4 Å². The molecule has 1 amide bonds. The zero-order valence-electron chi connectivity index (χ0n) is 13.3. The van der Waals surface area contributed by atoms with Crippen molar-refractivity contribution in [1.82, 2.24) is 20.6 Å². The number of thioether (sulfide) groups is 1. The normalized spacial score (nSPS) is 14.8. The highest BCUT2D eigenvalue weighted by atomic mass is 32.2. The largest absolute Gasteiger partial charge is 0.352 e. The Morgan fingerprint density at radius 3 is 3.09 bits per heavy atom. The van der Waals surface area contributed by atoms with E-state index in [2.05, 4.69) is 40.5 Å². The molecule has 2 aromatic heterocycles. The van der Waals surface area contributed by atoms with Crippen molar-refractivity contribution in [2.24, 2.45) is 0 Å². The molecule has 3 rings (SSSR count). The van der Waals surface area contributed by atoms with Gasteiger partial charge in [0.1, 0.15) is 16.2 Å². The molecule has 0 spiro atoms.